The minimum absolute atomic E-state index is 0.105. The second-order valence-electron chi connectivity index (χ2n) is 7.30. The summed E-state index contributed by atoms with van der Waals surface area (Å²) in [6.07, 6.45) is 0. The minimum atomic E-state index is 0.105. The highest BCUT2D eigenvalue weighted by Gasteiger charge is 2.18. The van der Waals surface area contributed by atoms with Gasteiger partial charge in [-0.05, 0) is 30.0 Å². The highest BCUT2D eigenvalue weighted by atomic mass is 32.2. The number of benzene rings is 2. The quantitative estimate of drug-likeness (QED) is 0.603. The van der Waals surface area contributed by atoms with Gasteiger partial charge in [0, 0.05) is 11.3 Å². The first-order valence-electron chi connectivity index (χ1n) is 8.60. The second-order valence-corrected chi connectivity index (χ2v) is 8.24. The van der Waals surface area contributed by atoms with Crippen molar-refractivity contribution in [3.05, 3.63) is 60.2 Å². The first-order valence-corrected chi connectivity index (χ1v) is 9.59. The van der Waals surface area contributed by atoms with Crippen molar-refractivity contribution >= 4 is 17.5 Å². The smallest absolute Gasteiger partial charge is 0.196 e. The van der Waals surface area contributed by atoms with Crippen LogP contribution in [0.4, 0.5) is 0 Å². The molecule has 3 aromatic rings. The number of ketones is 1. The number of nitrogens with zero attached hydrogens (tertiary/aromatic N) is 3. The van der Waals surface area contributed by atoms with Gasteiger partial charge in [0.2, 0.25) is 0 Å². The largest absolute Gasteiger partial charge is 0.299 e. The van der Waals surface area contributed by atoms with E-state index in [2.05, 4.69) is 55.2 Å². The van der Waals surface area contributed by atoms with Gasteiger partial charge in [0.05, 0.1) is 5.75 Å². The molecule has 3 rings (SSSR count). The average Bonchev–Trinajstić information content (AvgIpc) is 3.04. The lowest BCUT2D eigenvalue weighted by atomic mass is 9.87. The summed E-state index contributed by atoms with van der Waals surface area (Å²) < 4.78 is 2.01. The maximum atomic E-state index is 11.4. The van der Waals surface area contributed by atoms with Gasteiger partial charge in [-0.3, -0.25) is 9.36 Å². The number of aromatic nitrogens is 3. The number of Topliss-reactive ketones (excluding diaryl/α,β-unsaturated/α-hetero) is 1. The van der Waals surface area contributed by atoms with Crippen LogP contribution in [0.15, 0.2) is 59.8 Å². The molecular formula is C21H23N3OS. The Morgan fingerprint density at radius 1 is 1.00 bits per heavy atom. The third-order valence-electron chi connectivity index (χ3n) is 4.06. The molecule has 0 fully saturated rings. The van der Waals surface area contributed by atoms with Crippen molar-refractivity contribution in [1.82, 2.24) is 14.8 Å². The zero-order chi connectivity index (χ0) is 18.7. The van der Waals surface area contributed by atoms with Crippen molar-refractivity contribution in [1.29, 1.82) is 0 Å². The predicted molar refractivity (Wildman–Crippen MR) is 107 cm³/mol. The van der Waals surface area contributed by atoms with E-state index in [1.807, 2.05) is 34.9 Å². The summed E-state index contributed by atoms with van der Waals surface area (Å²) in [5.41, 5.74) is 3.37. The summed E-state index contributed by atoms with van der Waals surface area (Å²) in [5.74, 6) is 1.28. The van der Waals surface area contributed by atoms with Crippen molar-refractivity contribution in [3.8, 4) is 17.1 Å². The standard InChI is InChI=1S/C21H23N3OS/c1-15(25)14-26-20-23-22-19(24(20)18-8-6-5-7-9-18)16-10-12-17(13-11-16)21(2,3)4/h5-13H,14H2,1-4H3. The number of carbonyl (C=O) groups excluding carboxylic acids is 1. The molecule has 0 spiro atoms. The van der Waals surface area contributed by atoms with Gasteiger partial charge in [-0.2, -0.15) is 0 Å². The van der Waals surface area contributed by atoms with Gasteiger partial charge in [-0.15, -0.1) is 10.2 Å². The summed E-state index contributed by atoms with van der Waals surface area (Å²) in [5, 5.41) is 9.47. The number of hydrogen-bond acceptors (Lipinski definition) is 4. The van der Waals surface area contributed by atoms with E-state index in [-0.39, 0.29) is 11.2 Å². The fraction of sp³-hybridized carbons (Fsp3) is 0.286. The molecule has 0 aliphatic heterocycles. The van der Waals surface area contributed by atoms with Crippen LogP contribution in [0.3, 0.4) is 0 Å². The SMILES string of the molecule is CC(=O)CSc1nnc(-c2ccc(C(C)(C)C)cc2)n1-c1ccccc1. The minimum Gasteiger partial charge on any atom is -0.299 e. The molecule has 0 saturated carbocycles. The Hall–Kier alpha value is -2.40. The molecule has 1 aromatic heterocycles. The highest BCUT2D eigenvalue weighted by molar-refractivity contribution is 7.99. The first kappa shape index (κ1) is 18.4. The molecule has 0 saturated heterocycles. The maximum absolute atomic E-state index is 11.4. The topological polar surface area (TPSA) is 47.8 Å². The molecular weight excluding hydrogens is 342 g/mol. The van der Waals surface area contributed by atoms with Crippen LogP contribution in [0.25, 0.3) is 17.1 Å². The van der Waals surface area contributed by atoms with Crippen LogP contribution in [0, 0.1) is 0 Å². The molecule has 0 atom stereocenters. The maximum Gasteiger partial charge on any atom is 0.196 e. The summed E-state index contributed by atoms with van der Waals surface area (Å²) in [6.45, 7) is 8.18. The Morgan fingerprint density at radius 2 is 1.65 bits per heavy atom. The second kappa shape index (κ2) is 7.46. The van der Waals surface area contributed by atoms with Gasteiger partial charge in [-0.25, -0.2) is 0 Å². The zero-order valence-electron chi connectivity index (χ0n) is 15.6. The molecule has 2 aromatic carbocycles. The molecule has 0 N–H and O–H groups in total. The fourth-order valence-electron chi connectivity index (χ4n) is 2.65. The van der Waals surface area contributed by atoms with E-state index in [1.165, 1.54) is 17.3 Å². The van der Waals surface area contributed by atoms with E-state index < -0.39 is 0 Å². The van der Waals surface area contributed by atoms with Crippen LogP contribution >= 0.6 is 11.8 Å². The average molecular weight is 366 g/mol. The van der Waals surface area contributed by atoms with Crippen LogP contribution in [0.5, 0.6) is 0 Å². The van der Waals surface area contributed by atoms with Crippen LogP contribution in [0.2, 0.25) is 0 Å². The lowest BCUT2D eigenvalue weighted by molar-refractivity contribution is -0.114. The van der Waals surface area contributed by atoms with Gasteiger partial charge >= 0.3 is 0 Å². The summed E-state index contributed by atoms with van der Waals surface area (Å²) in [6, 6.07) is 18.5. The summed E-state index contributed by atoms with van der Waals surface area (Å²) >= 11 is 1.41. The van der Waals surface area contributed by atoms with Crippen LogP contribution < -0.4 is 0 Å². The van der Waals surface area contributed by atoms with Crippen LogP contribution in [-0.2, 0) is 10.2 Å². The van der Waals surface area contributed by atoms with Crippen molar-refractivity contribution in [2.75, 3.05) is 5.75 Å². The van der Waals surface area contributed by atoms with E-state index >= 15 is 0 Å². The Morgan fingerprint density at radius 3 is 2.23 bits per heavy atom. The molecule has 134 valence electrons. The Labute approximate surface area is 158 Å². The molecule has 4 nitrogen and oxygen atoms in total. The molecule has 1 heterocycles. The van der Waals surface area contributed by atoms with Gasteiger partial charge in [0.25, 0.3) is 0 Å². The van der Waals surface area contributed by atoms with Crippen molar-refractivity contribution in [2.45, 2.75) is 38.3 Å². The predicted octanol–water partition coefficient (Wildman–Crippen LogP) is 4.91. The molecule has 5 heteroatoms. The van der Waals surface area contributed by atoms with Crippen LogP contribution in [0.1, 0.15) is 33.3 Å². The summed E-state index contributed by atoms with van der Waals surface area (Å²) in [7, 11) is 0. The van der Waals surface area contributed by atoms with E-state index in [0.717, 1.165) is 22.2 Å². The number of hydrogen-bond donors (Lipinski definition) is 0. The summed E-state index contributed by atoms with van der Waals surface area (Å²) in [4.78, 5) is 11.4. The van der Waals surface area contributed by atoms with Gasteiger partial charge in [0.15, 0.2) is 11.0 Å². The monoisotopic (exact) mass is 365 g/mol. The first-order chi connectivity index (χ1) is 12.4. The highest BCUT2D eigenvalue weighted by Crippen LogP contribution is 2.30. The number of rotatable bonds is 5. The lowest BCUT2D eigenvalue weighted by Crippen LogP contribution is -2.10. The van der Waals surface area contributed by atoms with Gasteiger partial charge in [0.1, 0.15) is 5.78 Å². The Kier molecular flexibility index (Phi) is 5.28. The normalized spacial score (nSPS) is 11.5. The zero-order valence-corrected chi connectivity index (χ0v) is 16.4. The number of thioether (sulfide) groups is 1. The third-order valence-corrected chi connectivity index (χ3v) is 5.13. The lowest BCUT2D eigenvalue weighted by Gasteiger charge is -2.19. The third kappa shape index (κ3) is 4.05. The Balaban J connectivity index is 2.05. The molecule has 0 radical (unpaired) electrons. The van der Waals surface area contributed by atoms with Gasteiger partial charge in [-0.1, -0.05) is 75.0 Å². The molecule has 0 unspecified atom stereocenters. The van der Waals surface area contributed by atoms with E-state index in [9.17, 15) is 4.79 Å². The van der Waals surface area contributed by atoms with Gasteiger partial charge < -0.3 is 0 Å². The fourth-order valence-corrected chi connectivity index (χ4v) is 3.40. The number of carbonyl (C=O) groups is 1. The van der Waals surface area contributed by atoms with Crippen LogP contribution in [-0.4, -0.2) is 26.3 Å². The molecule has 0 bridgehead atoms. The molecule has 26 heavy (non-hydrogen) atoms. The Bertz CT molecular complexity index is 893. The van der Waals surface area contributed by atoms with Crippen molar-refractivity contribution in [3.63, 3.8) is 0 Å². The van der Waals surface area contributed by atoms with E-state index in [0.29, 0.717) is 5.75 Å². The molecule has 0 aliphatic carbocycles. The van der Waals surface area contributed by atoms with E-state index in [4.69, 9.17) is 0 Å². The number of para-hydroxylation sites is 1. The molecule has 0 amide bonds. The van der Waals surface area contributed by atoms with Crippen molar-refractivity contribution in [2.24, 2.45) is 0 Å². The van der Waals surface area contributed by atoms with Crippen molar-refractivity contribution < 1.29 is 4.79 Å². The molecule has 0 aliphatic rings. The van der Waals surface area contributed by atoms with E-state index in [1.54, 1.807) is 6.92 Å².